The van der Waals surface area contributed by atoms with E-state index in [2.05, 4.69) is 22.3 Å². The van der Waals surface area contributed by atoms with Gasteiger partial charge in [0.1, 0.15) is 36.2 Å². The van der Waals surface area contributed by atoms with Crippen LogP contribution in [0.5, 0.6) is 0 Å². The maximum atomic E-state index is 13.2. The van der Waals surface area contributed by atoms with E-state index in [0.717, 1.165) is 32.0 Å². The Hall–Kier alpha value is -3.98. The summed E-state index contributed by atoms with van der Waals surface area (Å²) >= 11 is 0. The molecule has 1 aromatic carbocycles. The average molecular weight is 843 g/mol. The summed E-state index contributed by atoms with van der Waals surface area (Å²) in [5, 5.41) is 49.0. The van der Waals surface area contributed by atoms with Crippen molar-refractivity contribution in [1.29, 1.82) is 5.26 Å². The predicted octanol–water partition coefficient (Wildman–Crippen LogP) is 5.81. The third-order valence-corrected chi connectivity index (χ3v) is 12.1. The largest absolute Gasteiger partial charge is 0.478 e. The maximum Gasteiger partial charge on any atom is 0.472 e. The first-order valence-electron chi connectivity index (χ1n) is 20.8. The first kappa shape index (κ1) is 46.1. The lowest BCUT2D eigenvalue weighted by Crippen LogP contribution is -2.47. The van der Waals surface area contributed by atoms with Crippen molar-refractivity contribution in [3.8, 4) is 6.07 Å². The van der Waals surface area contributed by atoms with Gasteiger partial charge >= 0.3 is 13.8 Å². The molecule has 1 aliphatic carbocycles. The number of benzene rings is 1. The smallest absolute Gasteiger partial charge is 0.472 e. The van der Waals surface area contributed by atoms with Crippen LogP contribution < -0.4 is 11.1 Å². The van der Waals surface area contributed by atoms with E-state index in [0.29, 0.717) is 12.1 Å². The van der Waals surface area contributed by atoms with Crippen molar-refractivity contribution in [2.75, 3.05) is 25.6 Å². The maximum absolute atomic E-state index is 13.2. The zero-order valence-electron chi connectivity index (χ0n) is 33.7. The summed E-state index contributed by atoms with van der Waals surface area (Å²) in [6.07, 6.45) is 15.9. The van der Waals surface area contributed by atoms with Crippen LogP contribution >= 0.6 is 7.82 Å². The van der Waals surface area contributed by atoms with Gasteiger partial charge < -0.3 is 40.7 Å². The molecule has 0 bridgehead atoms. The third-order valence-electron chi connectivity index (χ3n) is 11.1. The topological polar surface area (TPSA) is 261 Å². The number of aromatic nitrogens is 3. The van der Waals surface area contributed by atoms with Gasteiger partial charge in [0.15, 0.2) is 11.4 Å². The number of nitrogens with zero attached hydrogens (tertiary/aromatic N) is 4. The number of nitriles is 1. The van der Waals surface area contributed by atoms with Crippen molar-refractivity contribution in [1.82, 2.24) is 19.9 Å². The highest BCUT2D eigenvalue weighted by molar-refractivity contribution is 7.47. The Morgan fingerprint density at radius 1 is 0.966 bits per heavy atom. The fourth-order valence-corrected chi connectivity index (χ4v) is 8.70. The Kier molecular flexibility index (Phi) is 16.8. The molecule has 0 spiro atoms. The number of aliphatic hydroxyl groups is 2. The highest BCUT2D eigenvalue weighted by Gasteiger charge is 2.83. The molecule has 3 heterocycles. The second-order valence-corrected chi connectivity index (χ2v) is 16.9. The van der Waals surface area contributed by atoms with Crippen molar-refractivity contribution >= 4 is 31.0 Å². The van der Waals surface area contributed by atoms with Gasteiger partial charge in [0.05, 0.1) is 36.1 Å². The summed E-state index contributed by atoms with van der Waals surface area (Å²) in [5.41, 5.74) is 1.49. The number of unbranched alkanes of at least 4 members (excludes halogenated alkanes) is 15. The molecule has 1 amide bonds. The molecule has 5 rings (SSSR count). The Morgan fingerprint density at radius 2 is 1.56 bits per heavy atom. The third kappa shape index (κ3) is 11.4. The van der Waals surface area contributed by atoms with Gasteiger partial charge in [0.2, 0.25) is 5.60 Å². The number of anilines is 1. The number of aliphatic hydroxyl groups excluding tert-OH is 1. The average Bonchev–Trinajstić information content (AvgIpc) is 3.45. The summed E-state index contributed by atoms with van der Waals surface area (Å²) in [7, 11) is -5.02. The minimum atomic E-state index is -5.02. The van der Waals surface area contributed by atoms with Crippen LogP contribution in [0.15, 0.2) is 42.7 Å². The van der Waals surface area contributed by atoms with Crippen LogP contribution in [0.4, 0.5) is 5.82 Å². The van der Waals surface area contributed by atoms with Gasteiger partial charge in [-0.05, 0) is 30.7 Å². The number of carbonyl (C=O) groups is 2. The summed E-state index contributed by atoms with van der Waals surface area (Å²) in [4.78, 5) is 39.6. The number of hydrogen-bond donors (Lipinski definition) is 6. The number of nitrogen functional groups attached to an aromatic ring is 1. The lowest BCUT2D eigenvalue weighted by atomic mass is 9.90. The summed E-state index contributed by atoms with van der Waals surface area (Å²) in [5.74, 6) is -1.98. The number of ether oxygens (including phenoxy) is 2. The van der Waals surface area contributed by atoms with Crippen molar-refractivity contribution in [3.63, 3.8) is 0 Å². The molecular formula is C41H59N6O11P. The Morgan fingerprint density at radius 3 is 2.12 bits per heavy atom. The van der Waals surface area contributed by atoms with E-state index in [1.165, 1.54) is 118 Å². The summed E-state index contributed by atoms with van der Waals surface area (Å²) in [6, 6.07) is 9.41. The number of nitrogens with two attached hydrogens (primary N) is 1. The molecule has 0 radical (unpaired) electrons. The molecule has 18 heteroatoms. The number of carboxylic acid groups (broad SMARTS) is 1. The monoisotopic (exact) mass is 842 g/mol. The van der Waals surface area contributed by atoms with E-state index in [-0.39, 0.29) is 29.2 Å². The normalized spacial score (nSPS) is 23.7. The molecule has 2 unspecified atom stereocenters. The summed E-state index contributed by atoms with van der Waals surface area (Å²) in [6.45, 7) is 1.85. The van der Waals surface area contributed by atoms with Gasteiger partial charge in [0, 0.05) is 6.61 Å². The summed E-state index contributed by atoms with van der Waals surface area (Å²) < 4.78 is 36.6. The molecule has 59 heavy (non-hydrogen) atoms. The molecule has 1 saturated heterocycles. The number of phosphoric ester groups is 1. The van der Waals surface area contributed by atoms with Crippen LogP contribution in [0.1, 0.15) is 136 Å². The number of fused-ring (bicyclic) bond motifs is 2. The number of phosphoric acid groups is 1. The number of rotatable bonds is 28. The van der Waals surface area contributed by atoms with Gasteiger partial charge in [-0.15, -0.1) is 0 Å². The van der Waals surface area contributed by atoms with Gasteiger partial charge in [-0.3, -0.25) is 13.8 Å². The standard InChI is InChI=1S/C41H59N6O11P/c1-2-3-4-5-6-7-8-9-10-11-12-13-14-15-16-19-24-55-25-29(46-37(48)30-20-17-18-21-31(30)38(49)50)26-56-59(53,54)58-35-34-41(35,52)39(51)40(27-42,57-34)33-23-22-32-36(43)44-28-45-47(32)33/h17-18,20-23,28-29,34-35,39,51-52H,2-16,19,24-26H2,1H3,(H,46,48)(H,49,50)(H,53,54)(H2,43,44,45)/t29-,34-,35?,39+,40+,41+/m1/s1. The molecule has 2 aliphatic rings. The molecule has 2 aromatic heterocycles. The number of carboxylic acids is 1. The molecule has 7 N–H and O–H groups in total. The fraction of sp³-hybridized carbons (Fsp3) is 0.634. The quantitative estimate of drug-likeness (QED) is 0.0372. The van der Waals surface area contributed by atoms with Crippen LogP contribution in [0.3, 0.4) is 0 Å². The number of carbonyl (C=O) groups excluding carboxylic acids is 1. The Labute approximate surface area is 344 Å². The van der Waals surface area contributed by atoms with Gasteiger partial charge in [-0.2, -0.15) is 10.4 Å². The van der Waals surface area contributed by atoms with Crippen molar-refractivity contribution in [3.05, 3.63) is 59.5 Å². The second kappa shape index (κ2) is 21.5. The van der Waals surface area contributed by atoms with Crippen molar-refractivity contribution in [2.24, 2.45) is 0 Å². The molecule has 3 aromatic rings. The zero-order chi connectivity index (χ0) is 42.5. The van der Waals surface area contributed by atoms with Crippen LogP contribution in [0, 0.1) is 11.3 Å². The Bertz CT molecular complexity index is 1940. The van der Waals surface area contributed by atoms with E-state index >= 15 is 0 Å². The first-order chi connectivity index (χ1) is 28.4. The van der Waals surface area contributed by atoms with E-state index < -0.39 is 61.9 Å². The van der Waals surface area contributed by atoms with E-state index in [1.54, 1.807) is 0 Å². The number of aromatic carboxylic acids is 1. The minimum Gasteiger partial charge on any atom is -0.478 e. The van der Waals surface area contributed by atoms with Crippen LogP contribution in [-0.4, -0.2) is 96.5 Å². The number of hydrogen-bond acceptors (Lipinski definition) is 13. The predicted molar refractivity (Wildman–Crippen MR) is 216 cm³/mol. The van der Waals surface area contributed by atoms with Crippen LogP contribution in [-0.2, 0) is 28.7 Å². The van der Waals surface area contributed by atoms with E-state index in [9.17, 15) is 39.6 Å². The van der Waals surface area contributed by atoms with E-state index in [1.807, 2.05) is 6.07 Å². The van der Waals surface area contributed by atoms with Crippen molar-refractivity contribution in [2.45, 2.75) is 145 Å². The molecule has 1 saturated carbocycles. The zero-order valence-corrected chi connectivity index (χ0v) is 34.6. The number of amides is 1. The van der Waals surface area contributed by atoms with Gasteiger partial charge in [-0.1, -0.05) is 115 Å². The second-order valence-electron chi connectivity index (χ2n) is 15.5. The lowest BCUT2D eigenvalue weighted by molar-refractivity contribution is -0.106. The van der Waals surface area contributed by atoms with Crippen molar-refractivity contribution < 1.29 is 52.9 Å². The minimum absolute atomic E-state index is 0.0436. The molecule has 324 valence electrons. The number of nitrogens with one attached hydrogen (secondary N) is 1. The molecule has 1 aliphatic heterocycles. The molecule has 7 atom stereocenters. The lowest BCUT2D eigenvalue weighted by Gasteiger charge is -2.29. The highest BCUT2D eigenvalue weighted by Crippen LogP contribution is 2.63. The van der Waals surface area contributed by atoms with Gasteiger partial charge in [-0.25, -0.2) is 18.9 Å². The SMILES string of the molecule is CCCCCCCCCCCCCCCCCCOC[C@H](COP(=O)(O)OC1[C@H]2O[C@@](C#N)(c3ccc4c(N)ncnn34)[C@H](O)[C@@]12O)NC(=O)c1ccccc1C(=O)O. The fourth-order valence-electron chi connectivity index (χ4n) is 7.71. The highest BCUT2D eigenvalue weighted by atomic mass is 31.2. The Balaban J connectivity index is 1.07. The van der Waals surface area contributed by atoms with Crippen LogP contribution in [0.25, 0.3) is 5.52 Å². The van der Waals surface area contributed by atoms with Gasteiger partial charge in [0.25, 0.3) is 5.91 Å². The first-order valence-corrected chi connectivity index (χ1v) is 22.3. The molecular weight excluding hydrogens is 783 g/mol. The van der Waals surface area contributed by atoms with E-state index in [4.69, 9.17) is 24.3 Å². The van der Waals surface area contributed by atoms with Crippen LogP contribution in [0.2, 0.25) is 0 Å². The molecule has 17 nitrogen and oxygen atoms in total. The molecule has 2 fully saturated rings.